The van der Waals surface area contributed by atoms with Gasteiger partial charge in [-0.05, 0) is 17.7 Å². The zero-order valence-corrected chi connectivity index (χ0v) is 10.6. The van der Waals surface area contributed by atoms with Crippen LogP contribution in [-0.2, 0) is 17.6 Å². The van der Waals surface area contributed by atoms with Crippen LogP contribution in [0.5, 0.6) is 10.9 Å². The average Bonchev–Trinajstić information content (AvgIpc) is 2.76. The van der Waals surface area contributed by atoms with Crippen LogP contribution in [0.4, 0.5) is 0 Å². The van der Waals surface area contributed by atoms with Crippen LogP contribution in [0, 0.1) is 0 Å². The van der Waals surface area contributed by atoms with Crippen molar-refractivity contribution in [1.29, 1.82) is 0 Å². The molecule has 0 radical (unpaired) electrons. The summed E-state index contributed by atoms with van der Waals surface area (Å²) in [5.74, 6) is 0.459. The molecule has 0 saturated heterocycles. The highest BCUT2D eigenvalue weighted by atomic mass is 32.1. The second-order valence-electron chi connectivity index (χ2n) is 3.65. The molecule has 0 spiro atoms. The molecule has 0 aliphatic heterocycles. The number of hydrogen-bond donors (Lipinski definition) is 1. The molecule has 0 bridgehead atoms. The highest BCUT2D eigenvalue weighted by Crippen LogP contribution is 2.24. The van der Waals surface area contributed by atoms with Gasteiger partial charge < -0.3 is 9.84 Å². The monoisotopic (exact) mass is 264 g/mol. The smallest absolute Gasteiger partial charge is 0.307 e. The number of aromatic nitrogens is 2. The standard InChI is InChI=1S/C12H12N2O3S/c1-2-10-13-12(18-14-10)17-9-5-3-4-8(6-9)7-11(15)16/h3-6H,2,7H2,1H3,(H,15,16). The number of carboxylic acids is 1. The zero-order chi connectivity index (χ0) is 13.0. The number of aliphatic carboxylic acids is 1. The summed E-state index contributed by atoms with van der Waals surface area (Å²) in [6, 6.07) is 6.97. The molecule has 1 heterocycles. The van der Waals surface area contributed by atoms with Gasteiger partial charge in [-0.1, -0.05) is 19.1 Å². The van der Waals surface area contributed by atoms with Gasteiger partial charge in [0.15, 0.2) is 0 Å². The normalized spacial score (nSPS) is 10.3. The van der Waals surface area contributed by atoms with Crippen LogP contribution in [0.15, 0.2) is 24.3 Å². The number of carbonyl (C=O) groups is 1. The quantitative estimate of drug-likeness (QED) is 0.898. The van der Waals surface area contributed by atoms with Crippen LogP contribution in [0.3, 0.4) is 0 Å². The van der Waals surface area contributed by atoms with Gasteiger partial charge >= 0.3 is 5.97 Å². The molecular formula is C12H12N2O3S. The van der Waals surface area contributed by atoms with Crippen LogP contribution in [-0.4, -0.2) is 20.4 Å². The van der Waals surface area contributed by atoms with Crippen molar-refractivity contribution in [2.45, 2.75) is 19.8 Å². The number of rotatable bonds is 5. The highest BCUT2D eigenvalue weighted by molar-refractivity contribution is 7.07. The molecule has 2 rings (SSSR count). The van der Waals surface area contributed by atoms with E-state index < -0.39 is 5.97 Å². The fourth-order valence-electron chi connectivity index (χ4n) is 1.42. The van der Waals surface area contributed by atoms with Gasteiger partial charge in [0.05, 0.1) is 6.42 Å². The number of benzene rings is 1. The maximum Gasteiger partial charge on any atom is 0.307 e. The van der Waals surface area contributed by atoms with Gasteiger partial charge in [-0.3, -0.25) is 4.79 Å². The van der Waals surface area contributed by atoms with E-state index in [0.29, 0.717) is 16.5 Å². The van der Waals surface area contributed by atoms with Crippen LogP contribution >= 0.6 is 11.5 Å². The van der Waals surface area contributed by atoms with Crippen molar-refractivity contribution in [1.82, 2.24) is 9.36 Å². The largest absolute Gasteiger partial charge is 0.481 e. The predicted octanol–water partition coefficient (Wildman–Crippen LogP) is 2.52. The van der Waals surface area contributed by atoms with Crippen molar-refractivity contribution in [2.24, 2.45) is 0 Å². The summed E-state index contributed by atoms with van der Waals surface area (Å²) < 4.78 is 9.65. The molecule has 0 unspecified atom stereocenters. The van der Waals surface area contributed by atoms with Gasteiger partial charge in [0.2, 0.25) is 0 Å². The summed E-state index contributed by atoms with van der Waals surface area (Å²) >= 11 is 1.19. The minimum Gasteiger partial charge on any atom is -0.481 e. The minimum absolute atomic E-state index is 0.0203. The molecule has 1 N–H and O–H groups in total. The first kappa shape index (κ1) is 12.5. The Morgan fingerprint density at radius 1 is 1.50 bits per heavy atom. The van der Waals surface area contributed by atoms with E-state index in [1.54, 1.807) is 24.3 Å². The fraction of sp³-hybridized carbons (Fsp3) is 0.250. The van der Waals surface area contributed by atoms with Crippen molar-refractivity contribution >= 4 is 17.5 Å². The molecule has 18 heavy (non-hydrogen) atoms. The molecule has 0 fully saturated rings. The number of carboxylic acid groups (broad SMARTS) is 1. The van der Waals surface area contributed by atoms with Gasteiger partial charge in [-0.2, -0.15) is 9.36 Å². The van der Waals surface area contributed by atoms with Gasteiger partial charge in [0.25, 0.3) is 5.19 Å². The molecule has 94 valence electrons. The number of hydrogen-bond acceptors (Lipinski definition) is 5. The van der Waals surface area contributed by atoms with Gasteiger partial charge in [-0.15, -0.1) is 0 Å². The van der Waals surface area contributed by atoms with Gasteiger partial charge in [-0.25, -0.2) is 0 Å². The Labute approximate surface area is 108 Å². The minimum atomic E-state index is -0.865. The maximum absolute atomic E-state index is 10.6. The van der Waals surface area contributed by atoms with E-state index in [2.05, 4.69) is 9.36 Å². The Bertz CT molecular complexity index is 554. The maximum atomic E-state index is 10.6. The summed E-state index contributed by atoms with van der Waals surface area (Å²) in [7, 11) is 0. The molecule has 1 aromatic carbocycles. The van der Waals surface area contributed by atoms with E-state index >= 15 is 0 Å². The molecule has 0 aliphatic carbocycles. The molecule has 0 amide bonds. The van der Waals surface area contributed by atoms with E-state index in [-0.39, 0.29) is 6.42 Å². The third kappa shape index (κ3) is 3.27. The lowest BCUT2D eigenvalue weighted by molar-refractivity contribution is -0.136. The van der Waals surface area contributed by atoms with Gasteiger partial charge in [0, 0.05) is 18.0 Å². The second kappa shape index (κ2) is 5.59. The third-order valence-electron chi connectivity index (χ3n) is 2.22. The van der Waals surface area contributed by atoms with Crippen LogP contribution in [0.1, 0.15) is 18.3 Å². The summed E-state index contributed by atoms with van der Waals surface area (Å²) in [6.45, 7) is 1.97. The first-order chi connectivity index (χ1) is 8.67. The SMILES string of the molecule is CCc1nsc(Oc2cccc(CC(=O)O)c2)n1. The highest BCUT2D eigenvalue weighted by Gasteiger charge is 2.06. The summed E-state index contributed by atoms with van der Waals surface area (Å²) in [5, 5.41) is 9.19. The van der Waals surface area contributed by atoms with Crippen molar-refractivity contribution < 1.29 is 14.6 Å². The first-order valence-corrected chi connectivity index (χ1v) is 6.26. The van der Waals surface area contributed by atoms with Crippen LogP contribution < -0.4 is 4.74 Å². The van der Waals surface area contributed by atoms with E-state index in [1.807, 2.05) is 6.92 Å². The molecule has 0 aliphatic rings. The lowest BCUT2D eigenvalue weighted by atomic mass is 10.1. The topological polar surface area (TPSA) is 72.3 Å². The first-order valence-electron chi connectivity index (χ1n) is 5.48. The third-order valence-corrected chi connectivity index (χ3v) is 2.86. The lowest BCUT2D eigenvalue weighted by Gasteiger charge is -2.02. The Morgan fingerprint density at radius 2 is 2.33 bits per heavy atom. The Balaban J connectivity index is 2.11. The number of ether oxygens (including phenoxy) is 1. The molecule has 6 heteroatoms. The summed E-state index contributed by atoms with van der Waals surface area (Å²) in [6.07, 6.45) is 0.743. The lowest BCUT2D eigenvalue weighted by Crippen LogP contribution is -1.99. The molecule has 0 atom stereocenters. The molecular weight excluding hydrogens is 252 g/mol. The molecule has 0 saturated carbocycles. The van der Waals surface area contributed by atoms with E-state index in [1.165, 1.54) is 11.5 Å². The molecule has 5 nitrogen and oxygen atoms in total. The second-order valence-corrected chi connectivity index (χ2v) is 4.36. The Hall–Kier alpha value is -1.95. The number of aryl methyl sites for hydroxylation is 1. The van der Waals surface area contributed by atoms with Crippen molar-refractivity contribution in [3.63, 3.8) is 0 Å². The van der Waals surface area contributed by atoms with Crippen molar-refractivity contribution in [3.05, 3.63) is 35.7 Å². The van der Waals surface area contributed by atoms with E-state index in [4.69, 9.17) is 9.84 Å². The Morgan fingerprint density at radius 3 is 3.00 bits per heavy atom. The van der Waals surface area contributed by atoms with E-state index in [0.717, 1.165) is 12.2 Å². The van der Waals surface area contributed by atoms with Crippen LogP contribution in [0.25, 0.3) is 0 Å². The average molecular weight is 264 g/mol. The zero-order valence-electron chi connectivity index (χ0n) is 9.79. The van der Waals surface area contributed by atoms with Gasteiger partial charge in [0.1, 0.15) is 11.6 Å². The summed E-state index contributed by atoms with van der Waals surface area (Å²) in [5.41, 5.74) is 0.695. The van der Waals surface area contributed by atoms with Crippen molar-refractivity contribution in [2.75, 3.05) is 0 Å². The van der Waals surface area contributed by atoms with E-state index in [9.17, 15) is 4.79 Å². The molecule has 1 aromatic heterocycles. The predicted molar refractivity (Wildman–Crippen MR) is 67.1 cm³/mol. The summed E-state index contributed by atoms with van der Waals surface area (Å²) in [4.78, 5) is 14.8. The molecule has 2 aromatic rings. The van der Waals surface area contributed by atoms with Crippen molar-refractivity contribution in [3.8, 4) is 10.9 Å². The fourth-order valence-corrected chi connectivity index (χ4v) is 2.05. The Kier molecular flexibility index (Phi) is 3.88. The number of nitrogens with zero attached hydrogens (tertiary/aromatic N) is 2. The van der Waals surface area contributed by atoms with Crippen LogP contribution in [0.2, 0.25) is 0 Å².